The van der Waals surface area contributed by atoms with E-state index in [1.165, 1.54) is 6.20 Å². The maximum atomic E-state index is 11.0. The van der Waals surface area contributed by atoms with Crippen molar-refractivity contribution in [1.29, 1.82) is 0 Å². The molecule has 0 fully saturated rings. The molecule has 0 spiro atoms. The minimum Gasteiger partial charge on any atom is -0.616 e. The fourth-order valence-electron chi connectivity index (χ4n) is 2.75. The molecular weight excluding hydrogens is 836 g/mol. The number of nitrogens with one attached hydrogen (secondary N) is 1. The maximum absolute atomic E-state index is 11.0. The minimum atomic E-state index is -0.170. The molecule has 4 aromatic heterocycles. The third kappa shape index (κ3) is 15.7. The highest BCUT2D eigenvalue weighted by Crippen LogP contribution is 2.24. The van der Waals surface area contributed by atoms with Gasteiger partial charge in [0.1, 0.15) is 0 Å². The van der Waals surface area contributed by atoms with Gasteiger partial charge in [0.25, 0.3) is 5.56 Å². The fourth-order valence-corrected chi connectivity index (χ4v) is 3.92. The van der Waals surface area contributed by atoms with Gasteiger partial charge in [0.15, 0.2) is 12.1 Å². The van der Waals surface area contributed by atoms with E-state index in [1.807, 2.05) is 45.9 Å². The van der Waals surface area contributed by atoms with E-state index in [9.17, 15) is 10.0 Å². The molecule has 0 aliphatic heterocycles. The third-order valence-corrected chi connectivity index (χ3v) is 6.70. The number of halogens is 4. The molecular formula is C29H34Br4N4O7. The van der Waals surface area contributed by atoms with E-state index < -0.39 is 0 Å². The van der Waals surface area contributed by atoms with Crippen LogP contribution in [0.4, 0.5) is 0 Å². The van der Waals surface area contributed by atoms with Crippen molar-refractivity contribution in [2.24, 2.45) is 0 Å². The molecule has 0 atom stereocenters. The highest BCUT2D eigenvalue weighted by molar-refractivity contribution is 9.11. The summed E-state index contributed by atoms with van der Waals surface area (Å²) in [5.74, 6) is 2.63. The maximum Gasteiger partial charge on any atom is 0.379 e. The summed E-state index contributed by atoms with van der Waals surface area (Å²) in [7, 11) is 1.57. The molecule has 15 heteroatoms. The number of aromatic nitrogens is 4. The third-order valence-electron chi connectivity index (χ3n) is 4.54. The predicted octanol–water partition coefficient (Wildman–Crippen LogP) is 7.51. The lowest BCUT2D eigenvalue weighted by Gasteiger charge is -2.05. The van der Waals surface area contributed by atoms with Crippen molar-refractivity contribution in [3.63, 3.8) is 0 Å². The predicted molar refractivity (Wildman–Crippen MR) is 183 cm³/mol. The second-order valence-corrected chi connectivity index (χ2v) is 11.2. The molecule has 1 N–H and O–H groups in total. The number of ether oxygens (including phenoxy) is 5. The normalized spacial score (nSPS) is 9.57. The first kappa shape index (κ1) is 39.1. The van der Waals surface area contributed by atoms with Gasteiger partial charge in [0.05, 0.1) is 53.0 Å². The van der Waals surface area contributed by atoms with Crippen LogP contribution in [0, 0.1) is 5.21 Å². The number of rotatable bonds is 9. The van der Waals surface area contributed by atoms with E-state index in [1.54, 1.807) is 43.6 Å². The van der Waals surface area contributed by atoms with E-state index in [0.29, 0.717) is 65.0 Å². The number of aromatic amines is 1. The van der Waals surface area contributed by atoms with Crippen molar-refractivity contribution in [1.82, 2.24) is 15.0 Å². The Morgan fingerprint density at radius 3 is 1.89 bits per heavy atom. The van der Waals surface area contributed by atoms with Gasteiger partial charge in [-0.25, -0.2) is 4.98 Å². The molecule has 0 bridgehead atoms. The molecule has 0 radical (unpaired) electrons. The largest absolute Gasteiger partial charge is 0.616 e. The molecule has 4 aromatic rings. The van der Waals surface area contributed by atoms with Crippen LogP contribution in [0.2, 0.25) is 0 Å². The van der Waals surface area contributed by atoms with E-state index >= 15 is 0 Å². The Kier molecular flexibility index (Phi) is 20.1. The molecule has 0 saturated carbocycles. The van der Waals surface area contributed by atoms with Gasteiger partial charge >= 0.3 is 5.88 Å². The Labute approximate surface area is 290 Å². The van der Waals surface area contributed by atoms with Crippen LogP contribution in [0.15, 0.2) is 83.6 Å². The van der Waals surface area contributed by atoms with Crippen LogP contribution in [-0.2, 0) is 0 Å². The fraction of sp³-hybridized carbons (Fsp3) is 0.310. The van der Waals surface area contributed by atoms with Gasteiger partial charge in [-0.1, -0.05) is 0 Å². The van der Waals surface area contributed by atoms with Crippen molar-refractivity contribution in [2.75, 3.05) is 33.5 Å². The lowest BCUT2D eigenvalue weighted by molar-refractivity contribution is -0.613. The number of H-pyrrole nitrogens is 1. The molecule has 11 nitrogen and oxygen atoms in total. The molecule has 240 valence electrons. The number of hydrogen-bond acceptors (Lipinski definition) is 9. The second kappa shape index (κ2) is 22.6. The molecule has 0 saturated heterocycles. The zero-order valence-electron chi connectivity index (χ0n) is 24.8. The van der Waals surface area contributed by atoms with Gasteiger partial charge in [-0.05, 0) is 122 Å². The number of nitrogens with zero attached hydrogens (tertiary/aromatic N) is 3. The highest BCUT2D eigenvalue weighted by Gasteiger charge is 2.04. The number of methoxy groups -OCH3 is 1. The van der Waals surface area contributed by atoms with E-state index in [-0.39, 0.29) is 5.56 Å². The van der Waals surface area contributed by atoms with Crippen LogP contribution in [0.1, 0.15) is 27.7 Å². The Bertz CT molecular complexity index is 1440. The lowest BCUT2D eigenvalue weighted by atomic mass is 10.5. The van der Waals surface area contributed by atoms with Gasteiger partial charge in [-0.3, -0.25) is 9.78 Å². The molecule has 0 amide bonds. The number of hydrogen-bond donors (Lipinski definition) is 1. The van der Waals surface area contributed by atoms with Gasteiger partial charge in [0, 0.05) is 22.8 Å². The van der Waals surface area contributed by atoms with E-state index in [0.717, 1.165) is 13.4 Å². The Morgan fingerprint density at radius 1 is 0.750 bits per heavy atom. The summed E-state index contributed by atoms with van der Waals surface area (Å²) in [5.41, 5.74) is -0.170. The molecule has 0 aliphatic carbocycles. The summed E-state index contributed by atoms with van der Waals surface area (Å²) < 4.78 is 29.1. The van der Waals surface area contributed by atoms with Gasteiger partial charge in [0.2, 0.25) is 17.6 Å². The first-order valence-electron chi connectivity index (χ1n) is 13.2. The van der Waals surface area contributed by atoms with Crippen molar-refractivity contribution >= 4 is 63.7 Å². The van der Waals surface area contributed by atoms with E-state index in [2.05, 4.69) is 78.7 Å². The summed E-state index contributed by atoms with van der Waals surface area (Å²) in [6, 6.07) is 14.1. The van der Waals surface area contributed by atoms with Crippen LogP contribution in [0.3, 0.4) is 0 Å². The second-order valence-electron chi connectivity index (χ2n) is 7.70. The van der Waals surface area contributed by atoms with Gasteiger partial charge in [-0.2, -0.15) is 4.98 Å². The Morgan fingerprint density at radius 2 is 1.34 bits per heavy atom. The minimum absolute atomic E-state index is 0.170. The highest BCUT2D eigenvalue weighted by atomic mass is 79.9. The molecule has 0 unspecified atom stereocenters. The Balaban J connectivity index is 0.000000294. The molecule has 44 heavy (non-hydrogen) atoms. The average Bonchev–Trinajstić information content (AvgIpc) is 3.00. The van der Waals surface area contributed by atoms with Crippen LogP contribution in [0.5, 0.6) is 29.4 Å². The van der Waals surface area contributed by atoms with Gasteiger partial charge < -0.3 is 28.9 Å². The Hall–Kier alpha value is -2.88. The number of pyridine rings is 4. The van der Waals surface area contributed by atoms with Crippen molar-refractivity contribution in [2.45, 2.75) is 27.7 Å². The van der Waals surface area contributed by atoms with Crippen LogP contribution in [0.25, 0.3) is 0 Å². The zero-order chi connectivity index (χ0) is 32.9. The van der Waals surface area contributed by atoms with Crippen LogP contribution >= 0.6 is 63.7 Å². The summed E-state index contributed by atoms with van der Waals surface area (Å²) in [5, 5.41) is 11.0. The summed E-state index contributed by atoms with van der Waals surface area (Å²) >= 11 is 12.8. The first-order chi connectivity index (χ1) is 21.1. The lowest BCUT2D eigenvalue weighted by Crippen LogP contribution is -2.28. The molecule has 4 rings (SSSR count). The van der Waals surface area contributed by atoms with Crippen molar-refractivity contribution < 1.29 is 28.4 Å². The topological polar surface area (TPSA) is 132 Å². The average molecular weight is 870 g/mol. The smallest absolute Gasteiger partial charge is 0.379 e. The monoisotopic (exact) mass is 866 g/mol. The molecule has 0 aliphatic rings. The van der Waals surface area contributed by atoms with Crippen molar-refractivity contribution in [3.05, 3.63) is 94.4 Å². The van der Waals surface area contributed by atoms with Gasteiger partial charge in [-0.15, -0.1) is 4.73 Å². The zero-order valence-corrected chi connectivity index (χ0v) is 31.2. The molecule has 4 heterocycles. The van der Waals surface area contributed by atoms with Crippen molar-refractivity contribution in [3.8, 4) is 29.4 Å². The summed E-state index contributed by atoms with van der Waals surface area (Å²) in [6.07, 6.45) is 3.12. The molecule has 0 aromatic carbocycles. The summed E-state index contributed by atoms with van der Waals surface area (Å²) in [6.45, 7) is 9.87. The van der Waals surface area contributed by atoms with E-state index in [4.69, 9.17) is 23.7 Å². The summed E-state index contributed by atoms with van der Waals surface area (Å²) in [4.78, 5) is 21.6. The SMILES string of the molecule is CCOc1ccc(Br)c(=O)[nH]1.CCOc1ccc(Br)c(OC)n1.CCOc1ccc(Br)c[n+]1[O-].CCOc1ccc(Br)cn1. The quantitative estimate of drug-likeness (QED) is 0.134. The first-order valence-corrected chi connectivity index (χ1v) is 16.4. The van der Waals surface area contributed by atoms with Crippen LogP contribution < -0.4 is 34.0 Å². The van der Waals surface area contributed by atoms with Crippen LogP contribution in [-0.4, -0.2) is 48.5 Å². The standard InChI is InChI=1S/C8H10BrNO2.2C7H8BrNO2.C7H8BrNO/c1-3-12-7-5-4-6(9)8(10-7)11-2;1-2-11-7-4-3-6(8)5-9(7)10;1-2-11-6-4-3-5(8)7(10)9-6;1-2-10-7-4-3-6(8)5-9-7/h4-5H,3H2,1-2H3;3-5H,2H2,1H3;3-4H,2H2,1H3,(H,9,10);3-5H,2H2,1H3.